The van der Waals surface area contributed by atoms with E-state index in [1.54, 1.807) is 12.1 Å². The number of hydrogen-bond acceptors (Lipinski definition) is 2. The van der Waals surface area contributed by atoms with Gasteiger partial charge in [-0.25, -0.2) is 0 Å². The van der Waals surface area contributed by atoms with E-state index in [4.69, 9.17) is 11.6 Å². The van der Waals surface area contributed by atoms with E-state index in [9.17, 15) is 9.90 Å². The molecule has 1 atom stereocenters. The molecule has 1 aromatic rings. The average molecular weight is 254 g/mol. The van der Waals surface area contributed by atoms with Crippen LogP contribution in [0.1, 0.15) is 28.8 Å². The number of benzene rings is 1. The molecule has 0 saturated heterocycles. The average Bonchev–Trinajstić information content (AvgIpc) is 3.12. The summed E-state index contributed by atoms with van der Waals surface area (Å²) in [4.78, 5) is 11.9. The van der Waals surface area contributed by atoms with E-state index in [0.29, 0.717) is 23.0 Å². The molecule has 1 amide bonds. The minimum Gasteiger partial charge on any atom is -0.391 e. The third-order valence-corrected chi connectivity index (χ3v) is 3.32. The predicted molar refractivity (Wildman–Crippen MR) is 67.3 cm³/mol. The summed E-state index contributed by atoms with van der Waals surface area (Å²) in [5, 5.41) is 13.0. The van der Waals surface area contributed by atoms with Crippen molar-refractivity contribution in [2.24, 2.45) is 5.92 Å². The Morgan fingerprint density at radius 2 is 2.29 bits per heavy atom. The molecule has 92 valence electrons. The Kier molecular flexibility index (Phi) is 3.69. The van der Waals surface area contributed by atoms with Crippen LogP contribution in [0.4, 0.5) is 0 Å². The van der Waals surface area contributed by atoms with Gasteiger partial charge in [-0.15, -0.1) is 0 Å². The Morgan fingerprint density at radius 3 is 2.94 bits per heavy atom. The first-order valence-corrected chi connectivity index (χ1v) is 6.18. The molecule has 0 spiro atoms. The van der Waals surface area contributed by atoms with Crippen LogP contribution in [0.2, 0.25) is 5.02 Å². The van der Waals surface area contributed by atoms with Crippen molar-refractivity contribution >= 4 is 17.5 Å². The van der Waals surface area contributed by atoms with Crippen LogP contribution in [0.3, 0.4) is 0 Å². The molecule has 17 heavy (non-hydrogen) atoms. The first-order chi connectivity index (χ1) is 8.08. The fraction of sp³-hybridized carbons (Fsp3) is 0.462. The fourth-order valence-electron chi connectivity index (χ4n) is 1.78. The second kappa shape index (κ2) is 5.07. The minimum atomic E-state index is -0.418. The molecule has 2 rings (SSSR count). The number of hydrogen-bond donors (Lipinski definition) is 2. The molecule has 1 fully saturated rings. The van der Waals surface area contributed by atoms with E-state index < -0.39 is 6.10 Å². The molecule has 1 saturated carbocycles. The largest absolute Gasteiger partial charge is 0.391 e. The molecule has 0 aromatic heterocycles. The summed E-state index contributed by atoms with van der Waals surface area (Å²) in [5.74, 6) is 0.195. The van der Waals surface area contributed by atoms with Crippen molar-refractivity contribution in [2.75, 3.05) is 6.54 Å². The number of carbonyl (C=O) groups is 1. The van der Waals surface area contributed by atoms with Crippen molar-refractivity contribution in [3.63, 3.8) is 0 Å². The lowest BCUT2D eigenvalue weighted by molar-refractivity contribution is 0.0900. The van der Waals surface area contributed by atoms with Crippen LogP contribution in [0.5, 0.6) is 0 Å². The van der Waals surface area contributed by atoms with Crippen molar-refractivity contribution in [2.45, 2.75) is 25.9 Å². The number of halogens is 1. The van der Waals surface area contributed by atoms with Crippen LogP contribution >= 0.6 is 11.6 Å². The molecule has 1 aromatic carbocycles. The molecule has 0 heterocycles. The maximum absolute atomic E-state index is 11.9. The van der Waals surface area contributed by atoms with Crippen molar-refractivity contribution in [3.8, 4) is 0 Å². The minimum absolute atomic E-state index is 0.176. The van der Waals surface area contributed by atoms with Crippen molar-refractivity contribution in [1.82, 2.24) is 5.32 Å². The van der Waals surface area contributed by atoms with Gasteiger partial charge in [0.25, 0.3) is 5.91 Å². The van der Waals surface area contributed by atoms with Crippen LogP contribution in [-0.4, -0.2) is 23.7 Å². The second-order valence-electron chi connectivity index (χ2n) is 4.57. The van der Waals surface area contributed by atoms with Crippen LogP contribution in [0.15, 0.2) is 18.2 Å². The van der Waals surface area contributed by atoms with Gasteiger partial charge in [-0.3, -0.25) is 4.79 Å². The molecular weight excluding hydrogens is 238 g/mol. The molecular formula is C13H16ClNO2. The van der Waals surface area contributed by atoms with E-state index in [1.165, 1.54) is 0 Å². The van der Waals surface area contributed by atoms with Gasteiger partial charge in [0.05, 0.1) is 6.10 Å². The molecule has 0 radical (unpaired) electrons. The Morgan fingerprint density at radius 1 is 1.59 bits per heavy atom. The third-order valence-electron chi connectivity index (χ3n) is 3.08. The Bertz CT molecular complexity index is 429. The fourth-order valence-corrected chi connectivity index (χ4v) is 1.95. The summed E-state index contributed by atoms with van der Waals surface area (Å²) in [5.41, 5.74) is 1.45. The Labute approximate surface area is 106 Å². The van der Waals surface area contributed by atoms with Crippen molar-refractivity contribution in [1.29, 1.82) is 0 Å². The lowest BCUT2D eigenvalue weighted by Crippen LogP contribution is -2.33. The maximum Gasteiger partial charge on any atom is 0.251 e. The van der Waals surface area contributed by atoms with Gasteiger partial charge < -0.3 is 10.4 Å². The normalized spacial score (nSPS) is 16.6. The molecule has 2 N–H and O–H groups in total. The molecule has 1 aliphatic rings. The smallest absolute Gasteiger partial charge is 0.251 e. The second-order valence-corrected chi connectivity index (χ2v) is 5.01. The number of nitrogens with one attached hydrogen (secondary N) is 1. The summed E-state index contributed by atoms with van der Waals surface area (Å²) in [6, 6.07) is 5.22. The van der Waals surface area contributed by atoms with Gasteiger partial charge in [0.1, 0.15) is 0 Å². The van der Waals surface area contributed by atoms with Gasteiger partial charge in [0.15, 0.2) is 0 Å². The SMILES string of the molecule is Cc1ccc(Cl)cc1C(=O)NCC(O)C1CC1. The Hall–Kier alpha value is -1.06. The zero-order chi connectivity index (χ0) is 12.4. The first kappa shape index (κ1) is 12.4. The van der Waals surface area contributed by atoms with Crippen LogP contribution in [0, 0.1) is 12.8 Å². The van der Waals surface area contributed by atoms with Crippen molar-refractivity contribution < 1.29 is 9.90 Å². The lowest BCUT2D eigenvalue weighted by atomic mass is 10.1. The molecule has 0 aliphatic heterocycles. The Balaban J connectivity index is 1.96. The first-order valence-electron chi connectivity index (χ1n) is 5.80. The highest BCUT2D eigenvalue weighted by Crippen LogP contribution is 2.32. The van der Waals surface area contributed by atoms with Gasteiger partial charge in [-0.05, 0) is 43.4 Å². The number of rotatable bonds is 4. The zero-order valence-corrected chi connectivity index (χ0v) is 10.5. The standard InChI is InChI=1S/C13H16ClNO2/c1-8-2-5-10(14)6-11(8)13(17)15-7-12(16)9-3-4-9/h2,5-6,9,12,16H,3-4,7H2,1H3,(H,15,17). The number of amides is 1. The van der Waals surface area contributed by atoms with E-state index in [1.807, 2.05) is 13.0 Å². The van der Waals surface area contributed by atoms with Crippen LogP contribution < -0.4 is 5.32 Å². The third kappa shape index (κ3) is 3.20. The van der Waals surface area contributed by atoms with E-state index in [-0.39, 0.29) is 5.91 Å². The van der Waals surface area contributed by atoms with Crippen molar-refractivity contribution in [3.05, 3.63) is 34.3 Å². The molecule has 3 nitrogen and oxygen atoms in total. The molecule has 4 heteroatoms. The molecule has 1 unspecified atom stereocenters. The summed E-state index contributed by atoms with van der Waals surface area (Å²) < 4.78 is 0. The lowest BCUT2D eigenvalue weighted by Gasteiger charge is -2.12. The maximum atomic E-state index is 11.9. The zero-order valence-electron chi connectivity index (χ0n) is 9.74. The monoisotopic (exact) mass is 253 g/mol. The van der Waals surface area contributed by atoms with Gasteiger partial charge >= 0.3 is 0 Å². The van der Waals surface area contributed by atoms with Crippen LogP contribution in [0.25, 0.3) is 0 Å². The number of aryl methyl sites for hydroxylation is 1. The van der Waals surface area contributed by atoms with Crippen LogP contribution in [-0.2, 0) is 0 Å². The highest BCUT2D eigenvalue weighted by molar-refractivity contribution is 6.31. The topological polar surface area (TPSA) is 49.3 Å². The van der Waals surface area contributed by atoms with E-state index >= 15 is 0 Å². The number of carbonyl (C=O) groups excluding carboxylic acids is 1. The summed E-state index contributed by atoms with van der Waals surface area (Å²) in [6.07, 6.45) is 1.71. The highest BCUT2D eigenvalue weighted by atomic mass is 35.5. The molecule has 0 bridgehead atoms. The van der Waals surface area contributed by atoms with Gasteiger partial charge in [-0.2, -0.15) is 0 Å². The highest BCUT2D eigenvalue weighted by Gasteiger charge is 2.29. The van der Waals surface area contributed by atoms with Gasteiger partial charge in [0.2, 0.25) is 0 Å². The summed E-state index contributed by atoms with van der Waals surface area (Å²) >= 11 is 5.85. The van der Waals surface area contributed by atoms with E-state index in [0.717, 1.165) is 18.4 Å². The van der Waals surface area contributed by atoms with E-state index in [2.05, 4.69) is 5.32 Å². The molecule has 1 aliphatic carbocycles. The predicted octanol–water partition coefficient (Wildman–Crippen LogP) is 2.15. The number of aliphatic hydroxyl groups is 1. The summed E-state index contributed by atoms with van der Waals surface area (Å²) in [6.45, 7) is 2.18. The number of aliphatic hydroxyl groups excluding tert-OH is 1. The van der Waals surface area contributed by atoms with Gasteiger partial charge in [0, 0.05) is 17.1 Å². The summed E-state index contributed by atoms with van der Waals surface area (Å²) in [7, 11) is 0. The quantitative estimate of drug-likeness (QED) is 0.864. The van der Waals surface area contributed by atoms with Gasteiger partial charge in [-0.1, -0.05) is 17.7 Å².